The summed E-state index contributed by atoms with van der Waals surface area (Å²) in [4.78, 5) is 11.9. The molecule has 2 saturated carbocycles. The largest absolute Gasteiger partial charge is 0.464 e. The molecule has 1 spiro atoms. The van der Waals surface area contributed by atoms with Crippen LogP contribution in [0.4, 0.5) is 0 Å². The second-order valence-corrected chi connectivity index (χ2v) is 5.25. The van der Waals surface area contributed by atoms with Crippen LogP contribution in [-0.2, 0) is 10.1 Å². The summed E-state index contributed by atoms with van der Waals surface area (Å²) >= 11 is 0. The lowest BCUT2D eigenvalue weighted by Crippen LogP contribution is -2.71. The number of carbonyl (C=O) groups excluding carboxylic acids is 1. The highest BCUT2D eigenvalue weighted by atomic mass is 16.4. The molecule has 2 aliphatic carbocycles. The van der Waals surface area contributed by atoms with Crippen LogP contribution in [0.3, 0.4) is 0 Å². The number of carbonyl (C=O) groups is 1. The first-order chi connectivity index (χ1) is 8.13. The summed E-state index contributed by atoms with van der Waals surface area (Å²) in [5, 5.41) is 18.8. The molecule has 1 atom stereocenters. The van der Waals surface area contributed by atoms with E-state index in [4.69, 9.17) is 0 Å². The lowest BCUT2D eigenvalue weighted by atomic mass is 9.28. The molecular weight excluding hydrogens is 215 g/mol. The molecule has 88 valence electrons. The standard InChI is InChI=1S/C13H15BO3/c15-11-9-13(14(16)17,12(11)7-4-8-12)10-5-2-1-3-6-10/h1-3,5-6,16-17H,4,7-9H2. The average molecular weight is 230 g/mol. The zero-order valence-corrected chi connectivity index (χ0v) is 9.60. The summed E-state index contributed by atoms with van der Waals surface area (Å²) in [7, 11) is -1.46. The summed E-state index contributed by atoms with van der Waals surface area (Å²) in [6, 6.07) is 9.45. The maximum atomic E-state index is 11.9. The molecule has 0 bridgehead atoms. The van der Waals surface area contributed by atoms with E-state index in [2.05, 4.69) is 0 Å². The minimum Gasteiger partial charge on any atom is -0.426 e. The first-order valence-electron chi connectivity index (χ1n) is 6.08. The molecule has 4 heteroatoms. The first-order valence-corrected chi connectivity index (χ1v) is 6.08. The van der Waals surface area contributed by atoms with Crippen LogP contribution in [0.15, 0.2) is 30.3 Å². The number of hydrogen-bond acceptors (Lipinski definition) is 3. The summed E-state index contributed by atoms with van der Waals surface area (Å²) in [6.45, 7) is 0. The van der Waals surface area contributed by atoms with E-state index >= 15 is 0 Å². The van der Waals surface area contributed by atoms with Crippen molar-refractivity contribution in [3.63, 3.8) is 0 Å². The van der Waals surface area contributed by atoms with Crippen molar-refractivity contribution in [2.45, 2.75) is 31.0 Å². The highest BCUT2D eigenvalue weighted by molar-refractivity contribution is 6.49. The van der Waals surface area contributed by atoms with E-state index in [0.717, 1.165) is 24.8 Å². The Hall–Kier alpha value is -1.13. The van der Waals surface area contributed by atoms with Crippen molar-refractivity contribution in [2.75, 3.05) is 0 Å². The molecule has 2 N–H and O–H groups in total. The van der Waals surface area contributed by atoms with Gasteiger partial charge in [-0.2, -0.15) is 0 Å². The van der Waals surface area contributed by atoms with Gasteiger partial charge in [0.1, 0.15) is 5.78 Å². The molecule has 1 aromatic carbocycles. The molecule has 0 amide bonds. The van der Waals surface area contributed by atoms with Crippen molar-refractivity contribution < 1.29 is 14.8 Å². The Morgan fingerprint density at radius 2 is 1.76 bits per heavy atom. The summed E-state index contributed by atoms with van der Waals surface area (Å²) in [6.07, 6.45) is 2.85. The van der Waals surface area contributed by atoms with Crippen LogP contribution in [0.2, 0.25) is 0 Å². The fourth-order valence-electron chi connectivity index (χ4n) is 3.59. The molecular formula is C13H15BO3. The van der Waals surface area contributed by atoms with E-state index in [9.17, 15) is 14.8 Å². The maximum absolute atomic E-state index is 11.9. The Labute approximate surface area is 101 Å². The van der Waals surface area contributed by atoms with Crippen LogP contribution in [0.1, 0.15) is 31.2 Å². The molecule has 0 aromatic heterocycles. The fraction of sp³-hybridized carbons (Fsp3) is 0.462. The van der Waals surface area contributed by atoms with Gasteiger partial charge in [0.2, 0.25) is 0 Å². The minimum absolute atomic E-state index is 0.195. The van der Waals surface area contributed by atoms with E-state index in [1.807, 2.05) is 30.3 Å². The third kappa shape index (κ3) is 1.12. The molecule has 1 unspecified atom stereocenters. The fourth-order valence-corrected chi connectivity index (χ4v) is 3.59. The van der Waals surface area contributed by atoms with E-state index < -0.39 is 17.8 Å². The first kappa shape index (κ1) is 11.0. The van der Waals surface area contributed by atoms with Gasteiger partial charge in [0, 0.05) is 17.2 Å². The summed E-state index contributed by atoms with van der Waals surface area (Å²) in [5.41, 5.74) is 0.386. The van der Waals surface area contributed by atoms with Crippen molar-refractivity contribution >= 4 is 12.9 Å². The molecule has 3 rings (SSSR count). The average Bonchev–Trinajstić information content (AvgIpc) is 2.23. The van der Waals surface area contributed by atoms with Gasteiger partial charge in [0.05, 0.1) is 0 Å². The number of hydrogen-bond donors (Lipinski definition) is 2. The summed E-state index contributed by atoms with van der Waals surface area (Å²) < 4.78 is 0. The van der Waals surface area contributed by atoms with Crippen LogP contribution in [0.25, 0.3) is 0 Å². The zero-order chi connectivity index (χ0) is 12.1. The Morgan fingerprint density at radius 1 is 1.12 bits per heavy atom. The van der Waals surface area contributed by atoms with Gasteiger partial charge >= 0.3 is 7.12 Å². The predicted molar refractivity (Wildman–Crippen MR) is 64.2 cm³/mol. The quantitative estimate of drug-likeness (QED) is 0.747. The third-order valence-corrected chi connectivity index (χ3v) is 4.76. The van der Waals surface area contributed by atoms with Crippen molar-refractivity contribution in [1.29, 1.82) is 0 Å². The minimum atomic E-state index is -1.46. The normalized spacial score (nSPS) is 29.6. The molecule has 0 saturated heterocycles. The van der Waals surface area contributed by atoms with Crippen LogP contribution in [-0.4, -0.2) is 22.9 Å². The van der Waals surface area contributed by atoms with Crippen LogP contribution in [0, 0.1) is 5.41 Å². The Kier molecular flexibility index (Phi) is 2.22. The lowest BCUT2D eigenvalue weighted by Gasteiger charge is -2.62. The van der Waals surface area contributed by atoms with E-state index in [1.165, 1.54) is 0 Å². The Bertz CT molecular complexity index is 453. The molecule has 17 heavy (non-hydrogen) atoms. The SMILES string of the molecule is O=C1CC(B(O)O)(c2ccccc2)C12CCC2. The monoisotopic (exact) mass is 230 g/mol. The van der Waals surface area contributed by atoms with Crippen molar-refractivity contribution in [3.05, 3.63) is 35.9 Å². The molecule has 0 aliphatic heterocycles. The zero-order valence-electron chi connectivity index (χ0n) is 9.60. The second-order valence-electron chi connectivity index (χ2n) is 5.25. The van der Waals surface area contributed by atoms with Gasteiger partial charge in [-0.15, -0.1) is 0 Å². The van der Waals surface area contributed by atoms with Crippen LogP contribution >= 0.6 is 0 Å². The van der Waals surface area contributed by atoms with E-state index in [-0.39, 0.29) is 12.2 Å². The van der Waals surface area contributed by atoms with Gasteiger partial charge < -0.3 is 10.0 Å². The predicted octanol–water partition coefficient (Wildman–Crippen LogP) is 1.08. The third-order valence-electron chi connectivity index (χ3n) is 4.76. The van der Waals surface area contributed by atoms with Crippen LogP contribution in [0.5, 0.6) is 0 Å². The van der Waals surface area contributed by atoms with E-state index in [0.29, 0.717) is 0 Å². The maximum Gasteiger partial charge on any atom is 0.464 e. The Morgan fingerprint density at radius 3 is 2.18 bits per heavy atom. The number of rotatable bonds is 2. The van der Waals surface area contributed by atoms with Gasteiger partial charge in [-0.1, -0.05) is 36.8 Å². The molecule has 1 aromatic rings. The van der Waals surface area contributed by atoms with E-state index in [1.54, 1.807) is 0 Å². The van der Waals surface area contributed by atoms with Gasteiger partial charge in [-0.05, 0) is 18.4 Å². The van der Waals surface area contributed by atoms with Gasteiger partial charge in [-0.25, -0.2) is 0 Å². The highest BCUT2D eigenvalue weighted by Crippen LogP contribution is 2.65. The molecule has 3 nitrogen and oxygen atoms in total. The molecule has 0 radical (unpaired) electrons. The smallest absolute Gasteiger partial charge is 0.426 e. The van der Waals surface area contributed by atoms with Crippen molar-refractivity contribution in [1.82, 2.24) is 0 Å². The lowest BCUT2D eigenvalue weighted by molar-refractivity contribution is -0.155. The Balaban J connectivity index is 2.10. The molecule has 2 aliphatic rings. The van der Waals surface area contributed by atoms with Crippen LogP contribution < -0.4 is 0 Å². The molecule has 0 heterocycles. The number of Topliss-reactive ketones (excluding diaryl/α,β-unsaturated/α-hetero) is 1. The topological polar surface area (TPSA) is 57.5 Å². The van der Waals surface area contributed by atoms with Gasteiger partial charge in [-0.3, -0.25) is 4.79 Å². The molecule has 2 fully saturated rings. The number of benzene rings is 1. The van der Waals surface area contributed by atoms with Crippen molar-refractivity contribution in [3.8, 4) is 0 Å². The summed E-state index contributed by atoms with van der Waals surface area (Å²) in [5.74, 6) is 0.195. The van der Waals surface area contributed by atoms with Gasteiger partial charge in [0.15, 0.2) is 0 Å². The number of ketones is 1. The second kappa shape index (κ2) is 3.43. The highest BCUT2D eigenvalue weighted by Gasteiger charge is 2.72. The van der Waals surface area contributed by atoms with Gasteiger partial charge in [0.25, 0.3) is 0 Å². The van der Waals surface area contributed by atoms with Crippen molar-refractivity contribution in [2.24, 2.45) is 5.41 Å².